The lowest BCUT2D eigenvalue weighted by Gasteiger charge is -2.32. The molecule has 2 atom stereocenters. The monoisotopic (exact) mass is 323 g/mol. The minimum atomic E-state index is 0.134. The average Bonchev–Trinajstić information content (AvgIpc) is 3.00. The molecular formula is C17H29N3O3. The lowest BCUT2D eigenvalue weighted by atomic mass is 9.89. The van der Waals surface area contributed by atoms with Gasteiger partial charge in [0, 0.05) is 32.5 Å². The third-order valence-electron chi connectivity index (χ3n) is 5.04. The van der Waals surface area contributed by atoms with E-state index in [9.17, 15) is 0 Å². The molecule has 23 heavy (non-hydrogen) atoms. The third-order valence-corrected chi connectivity index (χ3v) is 5.04. The maximum atomic E-state index is 5.51. The fraction of sp³-hybridized carbons (Fsp3) is 0.882. The lowest BCUT2D eigenvalue weighted by molar-refractivity contribution is 0.0429. The van der Waals surface area contributed by atoms with Crippen LogP contribution >= 0.6 is 0 Å². The van der Waals surface area contributed by atoms with Crippen LogP contribution in [-0.2, 0) is 9.47 Å². The highest BCUT2D eigenvalue weighted by Gasteiger charge is 2.31. The van der Waals surface area contributed by atoms with Crippen molar-refractivity contribution in [1.29, 1.82) is 0 Å². The quantitative estimate of drug-likeness (QED) is 0.868. The zero-order valence-corrected chi connectivity index (χ0v) is 14.3. The molecule has 0 saturated carbocycles. The van der Waals surface area contributed by atoms with Crippen LogP contribution in [0.3, 0.4) is 0 Å². The number of hydrogen-bond donors (Lipinski definition) is 1. The molecular weight excluding hydrogens is 294 g/mol. The van der Waals surface area contributed by atoms with E-state index >= 15 is 0 Å². The van der Waals surface area contributed by atoms with Gasteiger partial charge in [0.15, 0.2) is 5.82 Å². The van der Waals surface area contributed by atoms with Crippen LogP contribution < -0.4 is 5.32 Å². The van der Waals surface area contributed by atoms with Gasteiger partial charge in [0.1, 0.15) is 0 Å². The van der Waals surface area contributed by atoms with Gasteiger partial charge in [-0.3, -0.25) is 0 Å². The fourth-order valence-corrected chi connectivity index (χ4v) is 3.75. The number of nitrogens with one attached hydrogen (secondary N) is 1. The topological polar surface area (TPSA) is 69.4 Å². The van der Waals surface area contributed by atoms with E-state index in [1.165, 1.54) is 19.3 Å². The first-order chi connectivity index (χ1) is 11.2. The first-order valence-corrected chi connectivity index (χ1v) is 8.94. The second-order valence-corrected chi connectivity index (χ2v) is 6.97. The molecule has 0 unspecified atom stereocenters. The molecule has 0 spiro atoms. The van der Waals surface area contributed by atoms with Crippen molar-refractivity contribution in [2.45, 2.75) is 58.0 Å². The molecule has 0 bridgehead atoms. The Kier molecular flexibility index (Phi) is 6.02. The molecule has 2 aliphatic heterocycles. The van der Waals surface area contributed by atoms with Gasteiger partial charge >= 0.3 is 0 Å². The third kappa shape index (κ3) is 4.75. The summed E-state index contributed by atoms with van der Waals surface area (Å²) in [6.45, 7) is 7.60. The van der Waals surface area contributed by atoms with Crippen molar-refractivity contribution in [2.24, 2.45) is 11.8 Å². The lowest BCUT2D eigenvalue weighted by Crippen LogP contribution is -2.39. The maximum absolute atomic E-state index is 5.51. The summed E-state index contributed by atoms with van der Waals surface area (Å²) in [5, 5.41) is 7.75. The number of ether oxygens (including phenoxy) is 2. The summed E-state index contributed by atoms with van der Waals surface area (Å²) < 4.78 is 16.5. The van der Waals surface area contributed by atoms with E-state index in [2.05, 4.69) is 22.4 Å². The summed E-state index contributed by atoms with van der Waals surface area (Å²) in [4.78, 5) is 4.48. The largest absolute Gasteiger partial charge is 0.381 e. The molecule has 130 valence electrons. The van der Waals surface area contributed by atoms with Crippen LogP contribution in [0.25, 0.3) is 0 Å². The van der Waals surface area contributed by atoms with E-state index in [4.69, 9.17) is 14.0 Å². The van der Waals surface area contributed by atoms with Crippen molar-refractivity contribution in [3.05, 3.63) is 11.7 Å². The molecule has 1 N–H and O–H groups in total. The van der Waals surface area contributed by atoms with Crippen molar-refractivity contribution in [3.8, 4) is 0 Å². The molecule has 1 aromatic heterocycles. The highest BCUT2D eigenvalue weighted by atomic mass is 16.5. The van der Waals surface area contributed by atoms with Crippen LogP contribution in [0.15, 0.2) is 4.52 Å². The smallest absolute Gasteiger partial charge is 0.244 e. The molecule has 0 aromatic carbocycles. The average molecular weight is 323 g/mol. The Morgan fingerprint density at radius 1 is 1.09 bits per heavy atom. The van der Waals surface area contributed by atoms with E-state index in [1.54, 1.807) is 0 Å². The van der Waals surface area contributed by atoms with E-state index in [1.807, 2.05) is 6.92 Å². The van der Waals surface area contributed by atoms with Gasteiger partial charge in [-0.1, -0.05) is 5.16 Å². The van der Waals surface area contributed by atoms with Gasteiger partial charge < -0.3 is 19.3 Å². The molecule has 6 heteroatoms. The number of rotatable bonds is 6. The summed E-state index contributed by atoms with van der Waals surface area (Å²) in [6, 6.07) is 0.563. The van der Waals surface area contributed by atoms with Gasteiger partial charge in [0.2, 0.25) is 5.89 Å². The van der Waals surface area contributed by atoms with E-state index in [0.29, 0.717) is 17.8 Å². The van der Waals surface area contributed by atoms with Crippen LogP contribution in [0.2, 0.25) is 0 Å². The van der Waals surface area contributed by atoms with Gasteiger partial charge in [0.05, 0.1) is 6.04 Å². The predicted octanol–water partition coefficient (Wildman–Crippen LogP) is 2.64. The van der Waals surface area contributed by atoms with Crippen LogP contribution in [-0.4, -0.2) is 42.6 Å². The zero-order valence-electron chi connectivity index (χ0n) is 14.3. The van der Waals surface area contributed by atoms with Crippen molar-refractivity contribution in [2.75, 3.05) is 26.4 Å². The highest BCUT2D eigenvalue weighted by molar-refractivity contribution is 4.96. The van der Waals surface area contributed by atoms with Crippen molar-refractivity contribution in [3.63, 3.8) is 0 Å². The van der Waals surface area contributed by atoms with Crippen LogP contribution in [0.1, 0.15) is 56.8 Å². The first kappa shape index (κ1) is 16.9. The van der Waals surface area contributed by atoms with E-state index in [0.717, 1.165) is 51.1 Å². The fourth-order valence-electron chi connectivity index (χ4n) is 3.75. The van der Waals surface area contributed by atoms with Crippen LogP contribution in [0.4, 0.5) is 0 Å². The number of hydrogen-bond acceptors (Lipinski definition) is 6. The Hall–Kier alpha value is -0.980. The molecule has 0 aliphatic carbocycles. The Morgan fingerprint density at radius 2 is 1.74 bits per heavy atom. The molecule has 2 aliphatic rings. The summed E-state index contributed by atoms with van der Waals surface area (Å²) in [5.74, 6) is 2.69. The molecule has 6 nitrogen and oxygen atoms in total. The van der Waals surface area contributed by atoms with Crippen molar-refractivity contribution in [1.82, 2.24) is 15.5 Å². The second kappa shape index (κ2) is 8.22. The summed E-state index contributed by atoms with van der Waals surface area (Å²) >= 11 is 0. The summed E-state index contributed by atoms with van der Waals surface area (Å²) in [6.07, 6.45) is 5.61. The minimum Gasteiger partial charge on any atom is -0.381 e. The van der Waals surface area contributed by atoms with Crippen LogP contribution in [0.5, 0.6) is 0 Å². The first-order valence-electron chi connectivity index (χ1n) is 8.94. The predicted molar refractivity (Wildman–Crippen MR) is 86.1 cm³/mol. The van der Waals surface area contributed by atoms with Crippen molar-refractivity contribution >= 4 is 0 Å². The molecule has 2 fully saturated rings. The van der Waals surface area contributed by atoms with Gasteiger partial charge in [-0.05, 0) is 57.8 Å². The standard InChI is InChI=1S/C17H29N3O3/c1-12(11-14-3-7-21-8-4-14)18-16(15-5-9-22-10-6-15)17-19-13(2)20-23-17/h12,14-16,18H,3-11H2,1-2H3/t12-,16+/m0/s1. The Morgan fingerprint density at radius 3 is 2.35 bits per heavy atom. The Balaban J connectivity index is 1.62. The molecule has 0 amide bonds. The summed E-state index contributed by atoms with van der Waals surface area (Å²) in [7, 11) is 0. The van der Waals surface area contributed by atoms with Crippen molar-refractivity contribution < 1.29 is 14.0 Å². The molecule has 1 aromatic rings. The number of nitrogens with zero attached hydrogens (tertiary/aromatic N) is 2. The molecule has 0 radical (unpaired) electrons. The van der Waals surface area contributed by atoms with Gasteiger partial charge in [0.25, 0.3) is 0 Å². The summed E-state index contributed by atoms with van der Waals surface area (Å²) in [5.41, 5.74) is 0. The molecule has 3 heterocycles. The normalized spacial score (nSPS) is 23.7. The van der Waals surface area contributed by atoms with E-state index in [-0.39, 0.29) is 6.04 Å². The number of aryl methyl sites for hydroxylation is 1. The van der Waals surface area contributed by atoms with Crippen LogP contribution in [0, 0.1) is 18.8 Å². The SMILES string of the molecule is Cc1noc([C@H](N[C@@H](C)CC2CCOCC2)C2CCOCC2)n1. The van der Waals surface area contributed by atoms with Gasteiger partial charge in [-0.15, -0.1) is 0 Å². The zero-order chi connectivity index (χ0) is 16.1. The number of aromatic nitrogens is 2. The van der Waals surface area contributed by atoms with Gasteiger partial charge in [-0.2, -0.15) is 4.98 Å². The molecule has 3 rings (SSSR count). The minimum absolute atomic E-state index is 0.134. The maximum Gasteiger partial charge on any atom is 0.244 e. The highest BCUT2D eigenvalue weighted by Crippen LogP contribution is 2.31. The van der Waals surface area contributed by atoms with Gasteiger partial charge in [-0.25, -0.2) is 0 Å². The van der Waals surface area contributed by atoms with E-state index < -0.39 is 0 Å². The Bertz CT molecular complexity index is 467. The second-order valence-electron chi connectivity index (χ2n) is 6.97. The Labute approximate surface area is 138 Å². The molecule has 2 saturated heterocycles.